The van der Waals surface area contributed by atoms with E-state index in [-0.39, 0.29) is 39.3 Å². The fourth-order valence-corrected chi connectivity index (χ4v) is 5.85. The van der Waals surface area contributed by atoms with Gasteiger partial charge in [0.2, 0.25) is 5.82 Å². The van der Waals surface area contributed by atoms with Crippen LogP contribution in [0, 0.1) is 0 Å². The SMILES string of the molecule is CCOC(=O)C1=C(C(OC)c2nnn(CCNc3cc(N4CCOCC4)ncn3)n2)NC(C)=C(C(=O)OC)C1c1cccc(Cl)c1Cl. The molecule has 47 heavy (non-hydrogen) atoms. The Morgan fingerprint density at radius 1 is 1.15 bits per heavy atom. The van der Waals surface area contributed by atoms with E-state index in [2.05, 4.69) is 40.9 Å². The van der Waals surface area contributed by atoms with Gasteiger partial charge in [0.15, 0.2) is 6.10 Å². The van der Waals surface area contributed by atoms with Gasteiger partial charge in [0, 0.05) is 38.5 Å². The molecule has 4 heterocycles. The number of anilines is 2. The highest BCUT2D eigenvalue weighted by molar-refractivity contribution is 6.42. The second-order valence-electron chi connectivity index (χ2n) is 10.4. The van der Waals surface area contributed by atoms with Gasteiger partial charge in [-0.15, -0.1) is 10.2 Å². The average Bonchev–Trinajstić information content (AvgIpc) is 3.54. The minimum absolute atomic E-state index is 0.0618. The summed E-state index contributed by atoms with van der Waals surface area (Å²) in [6, 6.07) is 6.85. The zero-order valence-electron chi connectivity index (χ0n) is 26.3. The van der Waals surface area contributed by atoms with Crippen LogP contribution in [0.2, 0.25) is 10.0 Å². The Bertz CT molecular complexity index is 1670. The number of carbonyl (C=O) groups excluding carboxylic acids is 2. The number of benzene rings is 1. The van der Waals surface area contributed by atoms with Gasteiger partial charge in [0.05, 0.1) is 66.3 Å². The van der Waals surface area contributed by atoms with Gasteiger partial charge in [0.25, 0.3) is 0 Å². The van der Waals surface area contributed by atoms with E-state index in [0.29, 0.717) is 43.4 Å². The number of rotatable bonds is 12. The molecule has 1 fully saturated rings. The van der Waals surface area contributed by atoms with Crippen molar-refractivity contribution in [2.45, 2.75) is 32.4 Å². The molecule has 0 aliphatic carbocycles. The molecule has 0 amide bonds. The molecule has 5 rings (SSSR count). The highest BCUT2D eigenvalue weighted by Gasteiger charge is 2.43. The van der Waals surface area contributed by atoms with E-state index in [9.17, 15) is 9.59 Å². The zero-order valence-corrected chi connectivity index (χ0v) is 27.8. The number of tetrazole rings is 1. The van der Waals surface area contributed by atoms with Crippen LogP contribution in [0.3, 0.4) is 0 Å². The van der Waals surface area contributed by atoms with E-state index in [1.54, 1.807) is 32.0 Å². The van der Waals surface area contributed by atoms with Crippen molar-refractivity contribution in [2.24, 2.45) is 0 Å². The Labute approximate surface area is 281 Å². The van der Waals surface area contributed by atoms with E-state index < -0.39 is 24.0 Å². The number of hydrogen-bond acceptors (Lipinski definition) is 14. The summed E-state index contributed by atoms with van der Waals surface area (Å²) in [7, 11) is 2.70. The Hall–Kier alpha value is -4.31. The number of ether oxygens (including phenoxy) is 4. The standard InChI is InChI=1S/C30H35Cl2N9O6/c1-5-47-30(43)24-23(18-7-6-8-19(31)25(18)32)22(29(42)45-4)17(2)36-26(24)27(44-3)28-37-39-41(38-28)10-9-33-20-15-21(35-16-34-20)40-11-13-46-14-12-40/h6-8,15-16,23,27,36H,5,9-14H2,1-4H3,(H,33,34,35). The van der Waals surface area contributed by atoms with Gasteiger partial charge >= 0.3 is 11.9 Å². The molecule has 0 radical (unpaired) electrons. The summed E-state index contributed by atoms with van der Waals surface area (Å²) in [5.41, 5.74) is 1.28. The topological polar surface area (TPSA) is 168 Å². The number of methoxy groups -OCH3 is 2. The third-order valence-electron chi connectivity index (χ3n) is 7.59. The summed E-state index contributed by atoms with van der Waals surface area (Å²) in [5.74, 6) is -0.748. The summed E-state index contributed by atoms with van der Waals surface area (Å²) < 4.78 is 21.9. The van der Waals surface area contributed by atoms with Gasteiger partial charge in [-0.2, -0.15) is 4.80 Å². The smallest absolute Gasteiger partial charge is 0.336 e. The maximum Gasteiger partial charge on any atom is 0.336 e. The Kier molecular flexibility index (Phi) is 11.2. The predicted octanol–water partition coefficient (Wildman–Crippen LogP) is 3.06. The number of dihydropyridines is 1. The molecule has 1 saturated heterocycles. The van der Waals surface area contributed by atoms with Crippen LogP contribution in [-0.2, 0) is 35.1 Å². The van der Waals surface area contributed by atoms with Crippen LogP contribution in [0.1, 0.15) is 37.3 Å². The van der Waals surface area contributed by atoms with E-state index in [1.165, 1.54) is 25.3 Å². The number of carbonyl (C=O) groups is 2. The normalized spacial score (nSPS) is 17.3. The van der Waals surface area contributed by atoms with Crippen molar-refractivity contribution in [2.75, 3.05) is 63.9 Å². The van der Waals surface area contributed by atoms with Crippen LogP contribution in [0.5, 0.6) is 0 Å². The molecule has 2 aromatic heterocycles. The van der Waals surface area contributed by atoms with Gasteiger partial charge in [0.1, 0.15) is 18.0 Å². The van der Waals surface area contributed by atoms with Crippen molar-refractivity contribution in [3.63, 3.8) is 0 Å². The number of esters is 2. The second kappa shape index (κ2) is 15.5. The summed E-state index contributed by atoms with van der Waals surface area (Å²) in [5, 5.41) is 19.8. The van der Waals surface area contributed by atoms with E-state index in [1.807, 2.05) is 6.07 Å². The van der Waals surface area contributed by atoms with Gasteiger partial charge in [-0.3, -0.25) is 0 Å². The molecule has 15 nitrogen and oxygen atoms in total. The minimum Gasteiger partial charge on any atom is -0.466 e. The molecule has 250 valence electrons. The molecule has 0 spiro atoms. The number of allylic oxidation sites excluding steroid dienone is 1. The second-order valence-corrected chi connectivity index (χ2v) is 11.2. The van der Waals surface area contributed by atoms with Crippen molar-refractivity contribution in [3.8, 4) is 0 Å². The number of morpholine rings is 1. The molecule has 17 heteroatoms. The lowest BCUT2D eigenvalue weighted by molar-refractivity contribution is -0.139. The Balaban J connectivity index is 1.43. The molecule has 0 bridgehead atoms. The van der Waals surface area contributed by atoms with Crippen LogP contribution >= 0.6 is 23.2 Å². The van der Waals surface area contributed by atoms with Crippen LogP contribution < -0.4 is 15.5 Å². The fraction of sp³-hybridized carbons (Fsp3) is 0.433. The molecule has 2 unspecified atom stereocenters. The van der Waals surface area contributed by atoms with Crippen molar-refractivity contribution >= 4 is 46.8 Å². The van der Waals surface area contributed by atoms with Crippen molar-refractivity contribution < 1.29 is 28.5 Å². The first-order valence-electron chi connectivity index (χ1n) is 14.9. The quantitative estimate of drug-likeness (QED) is 0.267. The van der Waals surface area contributed by atoms with Gasteiger partial charge in [-0.1, -0.05) is 35.3 Å². The lowest BCUT2D eigenvalue weighted by Gasteiger charge is -2.33. The molecule has 1 aromatic carbocycles. The number of nitrogens with zero attached hydrogens (tertiary/aromatic N) is 7. The number of hydrogen-bond donors (Lipinski definition) is 2. The molecule has 2 aliphatic heterocycles. The van der Waals surface area contributed by atoms with Gasteiger partial charge < -0.3 is 34.5 Å². The minimum atomic E-state index is -1.02. The monoisotopic (exact) mass is 687 g/mol. The molecule has 2 atom stereocenters. The van der Waals surface area contributed by atoms with Gasteiger partial charge in [-0.05, 0) is 30.7 Å². The maximum absolute atomic E-state index is 13.7. The summed E-state index contributed by atoms with van der Waals surface area (Å²) >= 11 is 13.0. The Morgan fingerprint density at radius 2 is 1.94 bits per heavy atom. The van der Waals surface area contributed by atoms with E-state index >= 15 is 0 Å². The van der Waals surface area contributed by atoms with Crippen molar-refractivity contribution in [3.05, 3.63) is 74.6 Å². The van der Waals surface area contributed by atoms with E-state index in [0.717, 1.165) is 18.9 Å². The fourth-order valence-electron chi connectivity index (χ4n) is 5.43. The van der Waals surface area contributed by atoms with Crippen LogP contribution in [-0.4, -0.2) is 95.8 Å². The van der Waals surface area contributed by atoms with Gasteiger partial charge in [-0.25, -0.2) is 19.6 Å². The first-order valence-corrected chi connectivity index (χ1v) is 15.6. The zero-order chi connectivity index (χ0) is 33.5. The highest BCUT2D eigenvalue weighted by Crippen LogP contribution is 2.45. The van der Waals surface area contributed by atoms with E-state index in [4.69, 9.17) is 42.1 Å². The molecule has 0 saturated carbocycles. The third kappa shape index (κ3) is 7.48. The number of halogens is 2. The van der Waals surface area contributed by atoms with Crippen molar-refractivity contribution in [1.29, 1.82) is 0 Å². The average molecular weight is 689 g/mol. The molecule has 3 aromatic rings. The number of nitrogens with one attached hydrogen (secondary N) is 2. The lowest BCUT2D eigenvalue weighted by Crippen LogP contribution is -2.36. The lowest BCUT2D eigenvalue weighted by atomic mass is 9.79. The summed E-state index contributed by atoms with van der Waals surface area (Å²) in [6.45, 7) is 7.03. The molecular formula is C30H35Cl2N9O6. The third-order valence-corrected chi connectivity index (χ3v) is 8.43. The first kappa shape index (κ1) is 34.0. The molecular weight excluding hydrogens is 653 g/mol. The Morgan fingerprint density at radius 3 is 2.66 bits per heavy atom. The maximum atomic E-state index is 13.7. The molecule has 2 N–H and O–H groups in total. The summed E-state index contributed by atoms with van der Waals surface area (Å²) in [6.07, 6.45) is 0.503. The largest absolute Gasteiger partial charge is 0.466 e. The highest BCUT2D eigenvalue weighted by atomic mass is 35.5. The number of aromatic nitrogens is 6. The predicted molar refractivity (Wildman–Crippen MR) is 172 cm³/mol. The molecule has 2 aliphatic rings. The van der Waals surface area contributed by atoms with Crippen LogP contribution in [0.4, 0.5) is 11.6 Å². The first-order chi connectivity index (χ1) is 22.8. The van der Waals surface area contributed by atoms with Crippen LogP contribution in [0.25, 0.3) is 0 Å². The van der Waals surface area contributed by atoms with Crippen LogP contribution in [0.15, 0.2) is 53.1 Å². The van der Waals surface area contributed by atoms with Crippen molar-refractivity contribution in [1.82, 2.24) is 35.5 Å². The summed E-state index contributed by atoms with van der Waals surface area (Å²) in [4.78, 5) is 39.1.